The molecule has 17 heavy (non-hydrogen) atoms. The van der Waals surface area contributed by atoms with Crippen LogP contribution in [0, 0.1) is 0 Å². The molecule has 1 aromatic carbocycles. The van der Waals surface area contributed by atoms with Gasteiger partial charge in [-0.05, 0) is 23.8 Å². The molecule has 0 amide bonds. The summed E-state index contributed by atoms with van der Waals surface area (Å²) < 4.78 is 1.46. The quantitative estimate of drug-likeness (QED) is 0.781. The maximum Gasteiger partial charge on any atom is 0.261 e. The van der Waals surface area contributed by atoms with Gasteiger partial charge < -0.3 is 4.57 Å². The van der Waals surface area contributed by atoms with E-state index in [2.05, 4.69) is 0 Å². The van der Waals surface area contributed by atoms with E-state index in [9.17, 15) is 9.59 Å². The lowest BCUT2D eigenvalue weighted by Crippen LogP contribution is -2.23. The van der Waals surface area contributed by atoms with E-state index < -0.39 is 0 Å². The summed E-state index contributed by atoms with van der Waals surface area (Å²) in [6.07, 6.45) is 2.20. The molecule has 1 heterocycles. The molecule has 0 atom stereocenters. The standard InChI is InChI=1S/C13H10ClNO2/c14-12-6-2-1-4-10(12)8-15-7-3-5-11(9-16)13(15)17/h1-7,9H,8H2. The van der Waals surface area contributed by atoms with Gasteiger partial charge in [0.05, 0.1) is 12.1 Å². The van der Waals surface area contributed by atoms with Crippen LogP contribution in [0.25, 0.3) is 0 Å². The zero-order valence-electron chi connectivity index (χ0n) is 8.97. The van der Waals surface area contributed by atoms with Gasteiger partial charge in [-0.3, -0.25) is 9.59 Å². The monoisotopic (exact) mass is 247 g/mol. The molecule has 0 N–H and O–H groups in total. The molecule has 0 aliphatic carbocycles. The molecule has 0 aliphatic heterocycles. The second-order valence-electron chi connectivity index (χ2n) is 3.61. The van der Waals surface area contributed by atoms with Crippen LogP contribution in [-0.4, -0.2) is 10.9 Å². The van der Waals surface area contributed by atoms with Crippen molar-refractivity contribution in [3.8, 4) is 0 Å². The summed E-state index contributed by atoms with van der Waals surface area (Å²) in [6, 6.07) is 10.5. The number of rotatable bonds is 3. The van der Waals surface area contributed by atoms with Gasteiger partial charge in [0, 0.05) is 11.2 Å². The molecule has 0 aliphatic rings. The number of benzene rings is 1. The van der Waals surface area contributed by atoms with E-state index in [-0.39, 0.29) is 11.1 Å². The van der Waals surface area contributed by atoms with E-state index in [1.165, 1.54) is 10.6 Å². The van der Waals surface area contributed by atoms with Crippen molar-refractivity contribution >= 4 is 17.9 Å². The third-order valence-electron chi connectivity index (χ3n) is 2.48. The third kappa shape index (κ3) is 2.45. The first-order valence-corrected chi connectivity index (χ1v) is 5.48. The van der Waals surface area contributed by atoms with Crippen molar-refractivity contribution in [1.82, 2.24) is 4.57 Å². The van der Waals surface area contributed by atoms with E-state index in [1.54, 1.807) is 18.3 Å². The lowest BCUT2D eigenvalue weighted by atomic mass is 10.2. The average molecular weight is 248 g/mol. The SMILES string of the molecule is O=Cc1cccn(Cc2ccccc2Cl)c1=O. The number of carbonyl (C=O) groups excluding carboxylic acids is 1. The molecule has 1 aromatic heterocycles. The Labute approximate surface area is 103 Å². The van der Waals surface area contributed by atoms with Crippen LogP contribution in [0.5, 0.6) is 0 Å². The van der Waals surface area contributed by atoms with E-state index >= 15 is 0 Å². The largest absolute Gasteiger partial charge is 0.310 e. The Balaban J connectivity index is 2.41. The maximum absolute atomic E-state index is 11.8. The number of halogens is 1. The van der Waals surface area contributed by atoms with Gasteiger partial charge in [0.2, 0.25) is 0 Å². The normalized spacial score (nSPS) is 10.2. The second kappa shape index (κ2) is 4.97. The number of hydrogen-bond acceptors (Lipinski definition) is 2. The fourth-order valence-electron chi connectivity index (χ4n) is 1.58. The van der Waals surface area contributed by atoms with Gasteiger partial charge in [0.15, 0.2) is 6.29 Å². The van der Waals surface area contributed by atoms with Gasteiger partial charge in [-0.1, -0.05) is 29.8 Å². The van der Waals surface area contributed by atoms with E-state index in [0.717, 1.165) is 5.56 Å². The molecule has 0 saturated carbocycles. The van der Waals surface area contributed by atoms with E-state index in [0.29, 0.717) is 17.9 Å². The molecule has 2 aromatic rings. The van der Waals surface area contributed by atoms with Crippen molar-refractivity contribution in [3.63, 3.8) is 0 Å². The van der Waals surface area contributed by atoms with Crippen LogP contribution in [0.3, 0.4) is 0 Å². The molecule has 0 bridgehead atoms. The Kier molecular flexibility index (Phi) is 3.40. The van der Waals surface area contributed by atoms with Crippen LogP contribution in [0.4, 0.5) is 0 Å². The summed E-state index contributed by atoms with van der Waals surface area (Å²) in [5, 5.41) is 0.607. The highest BCUT2D eigenvalue weighted by molar-refractivity contribution is 6.31. The summed E-state index contributed by atoms with van der Waals surface area (Å²) >= 11 is 6.02. The van der Waals surface area contributed by atoms with E-state index in [4.69, 9.17) is 11.6 Å². The Morgan fingerprint density at radius 3 is 2.65 bits per heavy atom. The lowest BCUT2D eigenvalue weighted by Gasteiger charge is -2.07. The highest BCUT2D eigenvalue weighted by Crippen LogP contribution is 2.15. The number of hydrogen-bond donors (Lipinski definition) is 0. The summed E-state index contributed by atoms with van der Waals surface area (Å²) in [4.78, 5) is 22.5. The Hall–Kier alpha value is -1.87. The molecule has 0 saturated heterocycles. The number of nitrogens with zero attached hydrogens (tertiary/aromatic N) is 1. The van der Waals surface area contributed by atoms with Crippen molar-refractivity contribution in [3.05, 3.63) is 69.1 Å². The molecule has 86 valence electrons. The van der Waals surface area contributed by atoms with Crippen molar-refractivity contribution in [2.45, 2.75) is 6.54 Å². The van der Waals surface area contributed by atoms with Crippen LogP contribution < -0.4 is 5.56 Å². The van der Waals surface area contributed by atoms with Gasteiger partial charge in [-0.15, -0.1) is 0 Å². The van der Waals surface area contributed by atoms with Gasteiger partial charge in [-0.25, -0.2) is 0 Å². The fourth-order valence-corrected chi connectivity index (χ4v) is 1.78. The minimum Gasteiger partial charge on any atom is -0.310 e. The molecule has 0 unspecified atom stereocenters. The molecule has 0 fully saturated rings. The zero-order valence-corrected chi connectivity index (χ0v) is 9.72. The van der Waals surface area contributed by atoms with Crippen molar-refractivity contribution in [2.24, 2.45) is 0 Å². The van der Waals surface area contributed by atoms with Crippen LogP contribution >= 0.6 is 11.6 Å². The first kappa shape index (κ1) is 11.6. The summed E-state index contributed by atoms with van der Waals surface area (Å²) in [6.45, 7) is 0.361. The first-order valence-electron chi connectivity index (χ1n) is 5.10. The maximum atomic E-state index is 11.8. The summed E-state index contributed by atoms with van der Waals surface area (Å²) in [5.74, 6) is 0. The minimum atomic E-state index is -0.303. The molecule has 0 radical (unpaired) electrons. The minimum absolute atomic E-state index is 0.152. The van der Waals surface area contributed by atoms with Crippen molar-refractivity contribution < 1.29 is 4.79 Å². The molecule has 3 nitrogen and oxygen atoms in total. The van der Waals surface area contributed by atoms with Gasteiger partial charge in [0.25, 0.3) is 5.56 Å². The highest BCUT2D eigenvalue weighted by Gasteiger charge is 2.04. The fraction of sp³-hybridized carbons (Fsp3) is 0.0769. The van der Waals surface area contributed by atoms with Crippen LogP contribution in [0.1, 0.15) is 15.9 Å². The number of pyridine rings is 1. The van der Waals surface area contributed by atoms with Gasteiger partial charge in [-0.2, -0.15) is 0 Å². The smallest absolute Gasteiger partial charge is 0.261 e. The van der Waals surface area contributed by atoms with Gasteiger partial charge >= 0.3 is 0 Å². The predicted molar refractivity (Wildman–Crippen MR) is 66.6 cm³/mol. The predicted octanol–water partition coefficient (Wildman–Crippen LogP) is 2.36. The number of aromatic nitrogens is 1. The summed E-state index contributed by atoms with van der Waals surface area (Å²) in [5.41, 5.74) is 0.696. The lowest BCUT2D eigenvalue weighted by molar-refractivity contribution is 0.112. The highest BCUT2D eigenvalue weighted by atomic mass is 35.5. The van der Waals surface area contributed by atoms with Crippen molar-refractivity contribution in [1.29, 1.82) is 0 Å². The zero-order chi connectivity index (χ0) is 12.3. The Bertz CT molecular complexity index is 604. The third-order valence-corrected chi connectivity index (χ3v) is 2.84. The number of aldehydes is 1. The molecule has 0 spiro atoms. The van der Waals surface area contributed by atoms with Crippen LogP contribution in [0.2, 0.25) is 5.02 Å². The molecular formula is C13H10ClNO2. The molecule has 4 heteroatoms. The molecular weight excluding hydrogens is 238 g/mol. The van der Waals surface area contributed by atoms with Crippen LogP contribution in [-0.2, 0) is 6.54 Å². The topological polar surface area (TPSA) is 39.1 Å². The van der Waals surface area contributed by atoms with Crippen LogP contribution in [0.15, 0.2) is 47.4 Å². The summed E-state index contributed by atoms with van der Waals surface area (Å²) in [7, 11) is 0. The average Bonchev–Trinajstić information content (AvgIpc) is 2.34. The first-order chi connectivity index (χ1) is 8.22. The Morgan fingerprint density at radius 1 is 1.18 bits per heavy atom. The Morgan fingerprint density at radius 2 is 1.94 bits per heavy atom. The second-order valence-corrected chi connectivity index (χ2v) is 4.01. The van der Waals surface area contributed by atoms with Gasteiger partial charge in [0.1, 0.15) is 0 Å². The van der Waals surface area contributed by atoms with E-state index in [1.807, 2.05) is 18.2 Å². The number of carbonyl (C=O) groups is 1. The molecule has 2 rings (SSSR count). The van der Waals surface area contributed by atoms with Crippen molar-refractivity contribution in [2.75, 3.05) is 0 Å².